The smallest absolute Gasteiger partial charge is 0.328 e. The highest BCUT2D eigenvalue weighted by molar-refractivity contribution is 5.80. The van der Waals surface area contributed by atoms with Gasteiger partial charge < -0.3 is 52.8 Å². The largest absolute Gasteiger partial charge is 0.478 e. The normalized spacial score (nSPS) is 24.3. The van der Waals surface area contributed by atoms with Gasteiger partial charge in [0.2, 0.25) is 5.79 Å². The maximum absolute atomic E-state index is 12.3. The van der Waals surface area contributed by atoms with E-state index in [9.17, 15) is 19.8 Å². The van der Waals surface area contributed by atoms with Crippen molar-refractivity contribution in [2.45, 2.75) is 94.4 Å². The second kappa shape index (κ2) is 26.0. The molecule has 0 radical (unpaired) electrons. The second-order valence-electron chi connectivity index (χ2n) is 17.1. The number of rotatable bonds is 25. The van der Waals surface area contributed by atoms with Crippen LogP contribution in [0.4, 0.5) is 0 Å². The lowest BCUT2D eigenvalue weighted by Crippen LogP contribution is -2.63. The Bertz CT molecular complexity index is 2570. The molecular weight excluding hydrogens is 905 g/mol. The Hall–Kier alpha value is -6.62. The summed E-state index contributed by atoms with van der Waals surface area (Å²) in [6.45, 7) is 0.357. The molecule has 0 amide bonds. The minimum Gasteiger partial charge on any atom is -0.478 e. The Morgan fingerprint density at radius 3 is 1.21 bits per heavy atom. The van der Waals surface area contributed by atoms with Gasteiger partial charge in [0.05, 0.1) is 39.6 Å². The summed E-state index contributed by atoms with van der Waals surface area (Å²) in [7, 11) is 0. The first-order chi connectivity index (χ1) is 34.8. The van der Waals surface area contributed by atoms with Crippen LogP contribution in [0.15, 0.2) is 206 Å². The second-order valence-corrected chi connectivity index (χ2v) is 17.1. The number of carboxylic acid groups (broad SMARTS) is 2. The third-order valence-electron chi connectivity index (χ3n) is 11.9. The predicted molar refractivity (Wildman–Crippen MR) is 262 cm³/mol. The molecule has 0 bridgehead atoms. The van der Waals surface area contributed by atoms with Crippen molar-refractivity contribution in [1.29, 1.82) is 0 Å². The zero-order valence-electron chi connectivity index (χ0n) is 39.1. The van der Waals surface area contributed by atoms with Crippen LogP contribution in [0.3, 0.4) is 0 Å². The fourth-order valence-corrected chi connectivity index (χ4v) is 8.49. The van der Waals surface area contributed by atoms with E-state index in [-0.39, 0.29) is 46.2 Å². The number of hydrogen-bond acceptors (Lipinski definition) is 11. The van der Waals surface area contributed by atoms with E-state index in [2.05, 4.69) is 0 Å². The average Bonchev–Trinajstić information content (AvgIpc) is 3.69. The van der Waals surface area contributed by atoms with Gasteiger partial charge in [0.25, 0.3) is 0 Å². The lowest BCUT2D eigenvalue weighted by molar-refractivity contribution is -0.391. The maximum atomic E-state index is 12.3. The van der Waals surface area contributed by atoms with Crippen LogP contribution in [-0.4, -0.2) is 83.6 Å². The average molecular weight is 963 g/mol. The third-order valence-corrected chi connectivity index (χ3v) is 11.9. The van der Waals surface area contributed by atoms with Gasteiger partial charge in [-0.2, -0.15) is 0 Å². The topological polar surface area (TPSA) is 158 Å². The van der Waals surface area contributed by atoms with Gasteiger partial charge in [0.1, 0.15) is 49.3 Å². The van der Waals surface area contributed by atoms with Crippen LogP contribution in [0.2, 0.25) is 0 Å². The molecule has 8 rings (SSSR count). The first-order valence-corrected chi connectivity index (χ1v) is 23.5. The first kappa shape index (κ1) is 50.8. The van der Waals surface area contributed by atoms with Crippen molar-refractivity contribution in [3.63, 3.8) is 0 Å². The van der Waals surface area contributed by atoms with Crippen LogP contribution < -0.4 is 0 Å². The minimum absolute atomic E-state index is 0.0703. The molecule has 13 nitrogen and oxygen atoms in total. The first-order valence-electron chi connectivity index (χ1n) is 23.5. The molecule has 2 N–H and O–H groups in total. The fourth-order valence-electron chi connectivity index (χ4n) is 8.49. The number of ether oxygens (including phenoxy) is 9. The van der Waals surface area contributed by atoms with E-state index in [0.29, 0.717) is 0 Å². The van der Waals surface area contributed by atoms with Crippen molar-refractivity contribution in [3.05, 3.63) is 240 Å². The standard InChI is InChI=1S/C58H58O13/c59-50(60)33-31-48-52(64-36-43-21-9-2-10-22-43)54(66-38-45-25-13-4-14-26-45)55(67-39-46-27-15-5-16-28-46)57(69-48)71-58(41-63-35-42-19-7-1-8-20-42)56(68-40-47-29-17-6-18-30-47)53(49(70-58)32-34-51(61)62)65-37-44-23-11-3-12-24-44/h1-34,48-49,52-57H,35-41H2,(H,59,60)(H,61,62)/b33-31+,34-32+/t48-,49-,52-,53-,54+,55-,56+,57-,58+/m1/s1. The van der Waals surface area contributed by atoms with Gasteiger partial charge in [-0.3, -0.25) is 0 Å². The lowest BCUT2D eigenvalue weighted by Gasteiger charge is -2.48. The van der Waals surface area contributed by atoms with Crippen molar-refractivity contribution >= 4 is 11.9 Å². The van der Waals surface area contributed by atoms with Crippen LogP contribution in [0, 0.1) is 0 Å². The molecule has 2 saturated heterocycles. The van der Waals surface area contributed by atoms with Gasteiger partial charge in [-0.15, -0.1) is 0 Å². The summed E-state index contributed by atoms with van der Waals surface area (Å²) in [6, 6.07) is 57.5. The van der Waals surface area contributed by atoms with Gasteiger partial charge in [-0.05, 0) is 45.5 Å². The predicted octanol–water partition coefficient (Wildman–Crippen LogP) is 9.25. The summed E-state index contributed by atoms with van der Waals surface area (Å²) in [4.78, 5) is 24.5. The van der Waals surface area contributed by atoms with Crippen molar-refractivity contribution in [2.24, 2.45) is 0 Å². The van der Waals surface area contributed by atoms with Gasteiger partial charge in [0.15, 0.2) is 6.29 Å². The van der Waals surface area contributed by atoms with E-state index in [1.807, 2.05) is 182 Å². The molecule has 368 valence electrons. The molecule has 0 unspecified atom stereocenters. The quantitative estimate of drug-likeness (QED) is 0.0524. The SMILES string of the molecule is O=C(O)/C=C/[C@H]1O[C@@](COCc2ccccc2)(O[C@H]2O[C@H](/C=C/C(=O)O)[C@@H](OCc3ccccc3)[C@H](OCc3ccccc3)[C@H]2OCc2ccccc2)[C@@H](OCc2ccccc2)[C@@H]1OCc1ccccc1. The number of carbonyl (C=O) groups is 2. The lowest BCUT2D eigenvalue weighted by atomic mass is 9.96. The molecule has 2 heterocycles. The molecule has 71 heavy (non-hydrogen) atoms. The van der Waals surface area contributed by atoms with Crippen molar-refractivity contribution < 1.29 is 62.4 Å². The number of aliphatic carboxylic acids is 2. The van der Waals surface area contributed by atoms with E-state index >= 15 is 0 Å². The Balaban J connectivity index is 1.25. The Morgan fingerprint density at radius 2 is 0.789 bits per heavy atom. The fraction of sp³-hybridized carbons (Fsp3) is 0.276. The molecule has 9 atom stereocenters. The highest BCUT2D eigenvalue weighted by Crippen LogP contribution is 2.43. The monoisotopic (exact) mass is 962 g/mol. The summed E-state index contributed by atoms with van der Waals surface area (Å²) in [5.41, 5.74) is 5.13. The molecule has 0 aliphatic carbocycles. The highest BCUT2D eigenvalue weighted by Gasteiger charge is 2.61. The van der Waals surface area contributed by atoms with E-state index in [0.717, 1.165) is 45.5 Å². The molecule has 2 aliphatic heterocycles. The number of benzene rings is 6. The van der Waals surface area contributed by atoms with E-state index in [1.165, 1.54) is 12.2 Å². The van der Waals surface area contributed by atoms with Crippen LogP contribution in [-0.2, 0) is 91.9 Å². The summed E-state index contributed by atoms with van der Waals surface area (Å²) < 4.78 is 62.1. The summed E-state index contributed by atoms with van der Waals surface area (Å²) in [5, 5.41) is 20.0. The molecular formula is C58H58O13. The minimum atomic E-state index is -1.93. The van der Waals surface area contributed by atoms with Crippen LogP contribution in [0.1, 0.15) is 33.4 Å². The molecule has 2 fully saturated rings. The maximum Gasteiger partial charge on any atom is 0.328 e. The Morgan fingerprint density at radius 1 is 0.437 bits per heavy atom. The van der Waals surface area contributed by atoms with E-state index in [4.69, 9.17) is 42.6 Å². The molecule has 6 aromatic rings. The Labute approximate surface area is 413 Å². The summed E-state index contributed by atoms with van der Waals surface area (Å²) in [5.74, 6) is -4.34. The summed E-state index contributed by atoms with van der Waals surface area (Å²) >= 11 is 0. The van der Waals surface area contributed by atoms with Crippen LogP contribution in [0.5, 0.6) is 0 Å². The summed E-state index contributed by atoms with van der Waals surface area (Å²) in [6.07, 6.45) is -3.94. The van der Waals surface area contributed by atoms with Crippen molar-refractivity contribution in [3.8, 4) is 0 Å². The molecule has 2 aliphatic rings. The van der Waals surface area contributed by atoms with Crippen molar-refractivity contribution in [1.82, 2.24) is 0 Å². The third kappa shape index (κ3) is 14.7. The molecule has 0 saturated carbocycles. The van der Waals surface area contributed by atoms with Crippen LogP contribution >= 0.6 is 0 Å². The van der Waals surface area contributed by atoms with E-state index < -0.39 is 66.7 Å². The van der Waals surface area contributed by atoms with Crippen LogP contribution in [0.25, 0.3) is 0 Å². The molecule has 0 spiro atoms. The highest BCUT2D eigenvalue weighted by atomic mass is 16.8. The number of hydrogen-bond donors (Lipinski definition) is 2. The van der Waals surface area contributed by atoms with Gasteiger partial charge in [-0.25, -0.2) is 9.59 Å². The zero-order chi connectivity index (χ0) is 49.1. The molecule has 0 aromatic heterocycles. The van der Waals surface area contributed by atoms with Gasteiger partial charge in [-0.1, -0.05) is 182 Å². The van der Waals surface area contributed by atoms with E-state index in [1.54, 1.807) is 0 Å². The molecule has 13 heteroatoms. The zero-order valence-corrected chi connectivity index (χ0v) is 39.1. The Kier molecular flexibility index (Phi) is 18.6. The number of carboxylic acids is 2. The molecule has 6 aromatic carbocycles. The van der Waals surface area contributed by atoms with Crippen molar-refractivity contribution in [2.75, 3.05) is 6.61 Å². The van der Waals surface area contributed by atoms with Gasteiger partial charge >= 0.3 is 11.9 Å². The van der Waals surface area contributed by atoms with Gasteiger partial charge in [0, 0.05) is 12.2 Å².